The Hall–Kier alpha value is -0.970. The summed E-state index contributed by atoms with van der Waals surface area (Å²) < 4.78 is 11.9. The minimum Gasteiger partial charge on any atom is -0.390 e. The normalized spacial score (nSPS) is 18.1. The lowest BCUT2D eigenvalue weighted by Gasteiger charge is -2.35. The van der Waals surface area contributed by atoms with Gasteiger partial charge in [0.15, 0.2) is 0 Å². The molecular formula is C14H23FN2O. The fourth-order valence-corrected chi connectivity index (χ4v) is 2.02. The van der Waals surface area contributed by atoms with Crippen LogP contribution in [-0.2, 0) is 0 Å². The minimum absolute atomic E-state index is 0.178. The van der Waals surface area contributed by atoms with Gasteiger partial charge >= 0.3 is 0 Å². The molecule has 102 valence electrons. The van der Waals surface area contributed by atoms with Gasteiger partial charge in [0, 0.05) is 13.1 Å². The molecule has 0 bridgehead atoms. The van der Waals surface area contributed by atoms with Crippen LogP contribution >= 0.6 is 0 Å². The highest BCUT2D eigenvalue weighted by atomic mass is 19.1. The molecule has 1 heterocycles. The van der Waals surface area contributed by atoms with Crippen molar-refractivity contribution in [2.75, 3.05) is 13.1 Å². The van der Waals surface area contributed by atoms with E-state index in [0.29, 0.717) is 5.92 Å². The largest absolute Gasteiger partial charge is 0.390 e. The van der Waals surface area contributed by atoms with Crippen LogP contribution in [0.1, 0.15) is 26.7 Å². The monoisotopic (exact) mass is 254 g/mol. The average Bonchev–Trinajstić information content (AvgIpc) is 2.30. The molecule has 3 N–H and O–H groups in total. The molecule has 1 saturated heterocycles. The van der Waals surface area contributed by atoms with Crippen LogP contribution in [0, 0.1) is 11.7 Å². The first-order valence-corrected chi connectivity index (χ1v) is 6.32. The standard InChI is InChI=1S/C8H18N2O.C6H5F/c1-8(2,11)7-3-5-10(9)6-4-7;7-6-4-2-1-3-5-6/h7,11H,3-6,9H2,1-2H3;1-5H. The first kappa shape index (κ1) is 15.1. The van der Waals surface area contributed by atoms with E-state index in [9.17, 15) is 9.50 Å². The summed E-state index contributed by atoms with van der Waals surface area (Å²) in [6.07, 6.45) is 2.03. The van der Waals surface area contributed by atoms with Crippen molar-refractivity contribution in [1.29, 1.82) is 0 Å². The summed E-state index contributed by atoms with van der Waals surface area (Å²) in [5.41, 5.74) is -0.527. The van der Waals surface area contributed by atoms with E-state index in [-0.39, 0.29) is 5.82 Å². The zero-order valence-electron chi connectivity index (χ0n) is 11.1. The molecule has 0 aliphatic carbocycles. The predicted octanol–water partition coefficient (Wildman–Crippen LogP) is 2.17. The Kier molecular flexibility index (Phi) is 5.72. The number of nitrogens with two attached hydrogens (primary N) is 1. The highest BCUT2D eigenvalue weighted by Crippen LogP contribution is 2.26. The Morgan fingerprint density at radius 1 is 1.22 bits per heavy atom. The van der Waals surface area contributed by atoms with Crippen molar-refractivity contribution in [3.8, 4) is 0 Å². The van der Waals surface area contributed by atoms with Crippen molar-refractivity contribution < 1.29 is 9.50 Å². The van der Waals surface area contributed by atoms with Crippen LogP contribution in [0.3, 0.4) is 0 Å². The number of hydrogen-bond donors (Lipinski definition) is 2. The van der Waals surface area contributed by atoms with Crippen LogP contribution in [0.2, 0.25) is 0 Å². The number of piperidine rings is 1. The molecule has 0 spiro atoms. The summed E-state index contributed by atoms with van der Waals surface area (Å²) in [5.74, 6) is 5.83. The van der Waals surface area contributed by atoms with Gasteiger partial charge in [-0.05, 0) is 44.7 Å². The first-order valence-electron chi connectivity index (χ1n) is 6.32. The number of hydrogen-bond acceptors (Lipinski definition) is 3. The predicted molar refractivity (Wildman–Crippen MR) is 71.2 cm³/mol. The lowest BCUT2D eigenvalue weighted by Crippen LogP contribution is -2.44. The zero-order chi connectivity index (χ0) is 13.6. The van der Waals surface area contributed by atoms with Gasteiger partial charge in [-0.1, -0.05) is 18.2 Å². The number of halogens is 1. The quantitative estimate of drug-likeness (QED) is 0.755. The van der Waals surface area contributed by atoms with Crippen molar-refractivity contribution in [3.05, 3.63) is 36.1 Å². The van der Waals surface area contributed by atoms with Crippen molar-refractivity contribution in [3.63, 3.8) is 0 Å². The maximum absolute atomic E-state index is 11.9. The number of rotatable bonds is 1. The number of hydrazine groups is 1. The van der Waals surface area contributed by atoms with E-state index in [1.54, 1.807) is 18.2 Å². The Labute approximate surface area is 108 Å². The van der Waals surface area contributed by atoms with Gasteiger partial charge in [0.1, 0.15) is 5.82 Å². The van der Waals surface area contributed by atoms with Crippen LogP contribution in [0.5, 0.6) is 0 Å². The molecule has 1 aromatic rings. The summed E-state index contributed by atoms with van der Waals surface area (Å²) in [6, 6.07) is 7.94. The van der Waals surface area contributed by atoms with Gasteiger partial charge < -0.3 is 5.11 Å². The molecule has 0 radical (unpaired) electrons. The van der Waals surface area contributed by atoms with Crippen LogP contribution in [0.4, 0.5) is 4.39 Å². The summed E-state index contributed by atoms with van der Waals surface area (Å²) in [5, 5.41) is 11.5. The molecule has 4 heteroatoms. The lowest BCUT2D eigenvalue weighted by molar-refractivity contribution is -0.0126. The van der Waals surface area contributed by atoms with E-state index in [4.69, 9.17) is 5.84 Å². The second-order valence-corrected chi connectivity index (χ2v) is 5.26. The number of benzene rings is 1. The van der Waals surface area contributed by atoms with Gasteiger partial charge in [-0.2, -0.15) is 0 Å². The highest BCUT2D eigenvalue weighted by molar-refractivity contribution is 5.02. The van der Waals surface area contributed by atoms with Crippen molar-refractivity contribution >= 4 is 0 Å². The molecule has 1 aliphatic rings. The summed E-state index contributed by atoms with van der Waals surface area (Å²) in [4.78, 5) is 0. The molecule has 1 fully saturated rings. The lowest BCUT2D eigenvalue weighted by atomic mass is 9.83. The fraction of sp³-hybridized carbons (Fsp3) is 0.571. The van der Waals surface area contributed by atoms with Crippen molar-refractivity contribution in [1.82, 2.24) is 5.01 Å². The highest BCUT2D eigenvalue weighted by Gasteiger charge is 2.29. The molecule has 1 aliphatic heterocycles. The number of aliphatic hydroxyl groups is 1. The molecule has 2 rings (SSSR count). The summed E-state index contributed by atoms with van der Waals surface area (Å²) in [7, 11) is 0. The van der Waals surface area contributed by atoms with Crippen LogP contribution in [0.25, 0.3) is 0 Å². The maximum atomic E-state index is 11.9. The third kappa shape index (κ3) is 5.58. The van der Waals surface area contributed by atoms with Gasteiger partial charge in [0.2, 0.25) is 0 Å². The Morgan fingerprint density at radius 3 is 2.06 bits per heavy atom. The fourth-order valence-electron chi connectivity index (χ4n) is 2.02. The van der Waals surface area contributed by atoms with Gasteiger partial charge in [-0.15, -0.1) is 0 Å². The molecule has 0 amide bonds. The SMILES string of the molecule is CC(C)(O)C1CCN(N)CC1.Fc1ccccc1. The molecule has 0 unspecified atom stereocenters. The Balaban J connectivity index is 0.000000199. The first-order chi connectivity index (χ1) is 8.39. The van der Waals surface area contributed by atoms with Crippen LogP contribution in [0.15, 0.2) is 30.3 Å². The molecule has 0 aromatic heterocycles. The average molecular weight is 254 g/mol. The van der Waals surface area contributed by atoms with E-state index in [1.807, 2.05) is 18.9 Å². The van der Waals surface area contributed by atoms with E-state index in [1.165, 1.54) is 12.1 Å². The van der Waals surface area contributed by atoms with E-state index in [2.05, 4.69) is 0 Å². The van der Waals surface area contributed by atoms with Crippen LogP contribution in [-0.4, -0.2) is 28.8 Å². The minimum atomic E-state index is -0.527. The third-order valence-electron chi connectivity index (χ3n) is 3.26. The third-order valence-corrected chi connectivity index (χ3v) is 3.26. The molecule has 0 atom stereocenters. The summed E-state index contributed by atoms with van der Waals surface area (Å²) in [6.45, 7) is 5.58. The van der Waals surface area contributed by atoms with Crippen molar-refractivity contribution in [2.45, 2.75) is 32.3 Å². The van der Waals surface area contributed by atoms with E-state index < -0.39 is 5.60 Å². The van der Waals surface area contributed by atoms with Gasteiger partial charge in [0.25, 0.3) is 0 Å². The zero-order valence-corrected chi connectivity index (χ0v) is 11.1. The van der Waals surface area contributed by atoms with Gasteiger partial charge in [-0.3, -0.25) is 5.84 Å². The van der Waals surface area contributed by atoms with Gasteiger partial charge in [-0.25, -0.2) is 9.40 Å². The maximum Gasteiger partial charge on any atom is 0.123 e. The van der Waals surface area contributed by atoms with Gasteiger partial charge in [0.05, 0.1) is 5.60 Å². The Morgan fingerprint density at radius 2 is 1.72 bits per heavy atom. The summed E-state index contributed by atoms with van der Waals surface area (Å²) >= 11 is 0. The van der Waals surface area contributed by atoms with Crippen LogP contribution < -0.4 is 5.84 Å². The molecular weight excluding hydrogens is 231 g/mol. The second-order valence-electron chi connectivity index (χ2n) is 5.26. The smallest absolute Gasteiger partial charge is 0.123 e. The van der Waals surface area contributed by atoms with Crippen molar-refractivity contribution in [2.24, 2.45) is 11.8 Å². The second kappa shape index (κ2) is 6.83. The van der Waals surface area contributed by atoms with E-state index >= 15 is 0 Å². The molecule has 0 saturated carbocycles. The van der Waals surface area contributed by atoms with E-state index in [0.717, 1.165) is 25.9 Å². The molecule has 1 aromatic carbocycles. The number of nitrogens with zero attached hydrogens (tertiary/aromatic N) is 1. The topological polar surface area (TPSA) is 49.5 Å². The Bertz CT molecular complexity index is 329. The molecule has 3 nitrogen and oxygen atoms in total. The molecule has 18 heavy (non-hydrogen) atoms.